The van der Waals surface area contributed by atoms with Crippen LogP contribution in [-0.2, 0) is 0 Å². The van der Waals surface area contributed by atoms with Crippen molar-refractivity contribution in [2.24, 2.45) is 10.2 Å². The Bertz CT molecular complexity index is 437. The van der Waals surface area contributed by atoms with E-state index in [2.05, 4.69) is 15.1 Å². The molecule has 0 saturated heterocycles. The number of nitrogens with zero attached hydrogens (tertiary/aromatic N) is 5. The molecule has 0 N–H and O–H groups in total. The first kappa shape index (κ1) is 12.4. The van der Waals surface area contributed by atoms with Crippen LogP contribution in [0.25, 0.3) is 0 Å². The molecule has 0 spiro atoms. The van der Waals surface area contributed by atoms with E-state index in [1.54, 1.807) is 0 Å². The summed E-state index contributed by atoms with van der Waals surface area (Å²) in [5.41, 5.74) is 2.03. The maximum atomic E-state index is 4.33. The lowest BCUT2D eigenvalue weighted by atomic mass is 10.3. The molecule has 5 heteroatoms. The molecular formula is C13H19N5. The molecule has 2 rings (SSSR count). The minimum Gasteiger partial charge on any atom is -0.378 e. The van der Waals surface area contributed by atoms with Crippen LogP contribution in [0.5, 0.6) is 0 Å². The van der Waals surface area contributed by atoms with Gasteiger partial charge >= 0.3 is 0 Å². The minimum atomic E-state index is -0.0430. The van der Waals surface area contributed by atoms with Gasteiger partial charge in [-0.1, -0.05) is 0 Å². The highest BCUT2D eigenvalue weighted by Crippen LogP contribution is 2.20. The fourth-order valence-electron chi connectivity index (χ4n) is 1.75. The van der Waals surface area contributed by atoms with Crippen molar-refractivity contribution in [3.63, 3.8) is 0 Å². The number of benzene rings is 1. The molecule has 1 aromatic carbocycles. The van der Waals surface area contributed by atoms with Gasteiger partial charge in [0, 0.05) is 46.3 Å². The van der Waals surface area contributed by atoms with E-state index in [0.29, 0.717) is 0 Å². The quantitative estimate of drug-likeness (QED) is 0.767. The first-order chi connectivity index (χ1) is 8.58. The van der Waals surface area contributed by atoms with Gasteiger partial charge in [0.2, 0.25) is 6.29 Å². The molecule has 0 amide bonds. The van der Waals surface area contributed by atoms with Gasteiger partial charge in [0.1, 0.15) is 0 Å². The summed E-state index contributed by atoms with van der Waals surface area (Å²) >= 11 is 0. The van der Waals surface area contributed by atoms with Gasteiger partial charge in [0.05, 0.1) is 5.69 Å². The smallest absolute Gasteiger partial charge is 0.217 e. The van der Waals surface area contributed by atoms with E-state index in [4.69, 9.17) is 0 Å². The predicted octanol–water partition coefficient (Wildman–Crippen LogP) is 2.47. The second-order valence-electron chi connectivity index (χ2n) is 4.60. The lowest BCUT2D eigenvalue weighted by molar-refractivity contribution is 0.206. The van der Waals surface area contributed by atoms with Crippen LogP contribution in [0.3, 0.4) is 0 Å². The minimum absolute atomic E-state index is 0.0430. The molecule has 5 nitrogen and oxygen atoms in total. The summed E-state index contributed by atoms with van der Waals surface area (Å²) in [7, 11) is 8.01. The monoisotopic (exact) mass is 245 g/mol. The SMILES string of the molecule is CN(C)c1ccc(N=NC2N(C)C=CN2C)cc1. The molecule has 1 aromatic rings. The Hall–Kier alpha value is -2.04. The highest BCUT2D eigenvalue weighted by molar-refractivity contribution is 5.51. The van der Waals surface area contributed by atoms with E-state index in [9.17, 15) is 0 Å². The van der Waals surface area contributed by atoms with Crippen molar-refractivity contribution >= 4 is 11.4 Å². The average molecular weight is 245 g/mol. The van der Waals surface area contributed by atoms with E-state index < -0.39 is 0 Å². The van der Waals surface area contributed by atoms with Gasteiger partial charge in [0.15, 0.2) is 0 Å². The molecule has 96 valence electrons. The fraction of sp³-hybridized carbons (Fsp3) is 0.385. The summed E-state index contributed by atoms with van der Waals surface area (Å²) in [6, 6.07) is 8.02. The second kappa shape index (κ2) is 5.08. The van der Waals surface area contributed by atoms with Crippen LogP contribution in [-0.4, -0.2) is 44.3 Å². The van der Waals surface area contributed by atoms with E-state index in [-0.39, 0.29) is 6.29 Å². The lowest BCUT2D eigenvalue weighted by Crippen LogP contribution is -2.31. The molecule has 18 heavy (non-hydrogen) atoms. The third-order valence-electron chi connectivity index (χ3n) is 2.91. The molecule has 1 heterocycles. The molecular weight excluding hydrogens is 226 g/mol. The zero-order valence-electron chi connectivity index (χ0n) is 11.3. The normalized spacial score (nSPS) is 16.0. The van der Waals surface area contributed by atoms with Crippen LogP contribution >= 0.6 is 0 Å². The predicted molar refractivity (Wildman–Crippen MR) is 73.7 cm³/mol. The number of azo groups is 1. The molecule has 0 fully saturated rings. The van der Waals surface area contributed by atoms with Gasteiger partial charge in [0.25, 0.3) is 0 Å². The summed E-state index contributed by atoms with van der Waals surface area (Å²) in [5, 5.41) is 8.60. The van der Waals surface area contributed by atoms with Crippen LogP contribution in [0.1, 0.15) is 0 Å². The molecule has 0 atom stereocenters. The Morgan fingerprint density at radius 1 is 1.00 bits per heavy atom. The summed E-state index contributed by atoms with van der Waals surface area (Å²) < 4.78 is 0. The summed E-state index contributed by atoms with van der Waals surface area (Å²) in [6.45, 7) is 0. The van der Waals surface area contributed by atoms with Gasteiger partial charge in [-0.2, -0.15) is 5.11 Å². The van der Waals surface area contributed by atoms with Gasteiger partial charge in [-0.3, -0.25) is 0 Å². The van der Waals surface area contributed by atoms with Gasteiger partial charge < -0.3 is 14.7 Å². The molecule has 0 bridgehead atoms. The zero-order chi connectivity index (χ0) is 13.1. The second-order valence-corrected chi connectivity index (χ2v) is 4.60. The Labute approximate surface area is 108 Å². The number of rotatable bonds is 3. The number of hydrogen-bond donors (Lipinski definition) is 0. The summed E-state index contributed by atoms with van der Waals surface area (Å²) in [5.74, 6) is 0. The highest BCUT2D eigenvalue weighted by atomic mass is 15.5. The largest absolute Gasteiger partial charge is 0.378 e. The molecule has 1 aliphatic heterocycles. The van der Waals surface area contributed by atoms with Gasteiger partial charge in [-0.15, -0.1) is 5.11 Å². The molecule has 0 aromatic heterocycles. The topological polar surface area (TPSA) is 34.4 Å². The Morgan fingerprint density at radius 2 is 1.56 bits per heavy atom. The van der Waals surface area contributed by atoms with E-state index in [1.807, 2.05) is 74.7 Å². The molecule has 0 aliphatic carbocycles. The molecule has 1 aliphatic rings. The van der Waals surface area contributed by atoms with Crippen LogP contribution in [0, 0.1) is 0 Å². The first-order valence-corrected chi connectivity index (χ1v) is 5.88. The Balaban J connectivity index is 2.05. The van der Waals surface area contributed by atoms with Crippen molar-refractivity contribution in [2.75, 3.05) is 33.1 Å². The molecule has 0 radical (unpaired) electrons. The fourth-order valence-corrected chi connectivity index (χ4v) is 1.75. The standard InChI is InChI=1S/C13H19N5/c1-16(2)12-7-5-11(6-8-12)14-15-13-17(3)9-10-18(13)4/h5-10,13H,1-4H3. The average Bonchev–Trinajstić information content (AvgIpc) is 2.67. The Morgan fingerprint density at radius 3 is 2.06 bits per heavy atom. The van der Waals surface area contributed by atoms with Crippen molar-refractivity contribution in [3.8, 4) is 0 Å². The van der Waals surface area contributed by atoms with Crippen molar-refractivity contribution in [1.29, 1.82) is 0 Å². The summed E-state index contributed by atoms with van der Waals surface area (Å²) in [6.07, 6.45) is 3.93. The highest BCUT2D eigenvalue weighted by Gasteiger charge is 2.18. The van der Waals surface area contributed by atoms with E-state index in [1.165, 1.54) is 0 Å². The van der Waals surface area contributed by atoms with Crippen molar-refractivity contribution in [1.82, 2.24) is 9.80 Å². The van der Waals surface area contributed by atoms with Gasteiger partial charge in [-0.05, 0) is 24.3 Å². The lowest BCUT2D eigenvalue weighted by Gasteiger charge is -2.21. The van der Waals surface area contributed by atoms with E-state index in [0.717, 1.165) is 11.4 Å². The van der Waals surface area contributed by atoms with Crippen molar-refractivity contribution in [2.45, 2.75) is 6.29 Å². The van der Waals surface area contributed by atoms with Crippen LogP contribution in [0.15, 0.2) is 46.9 Å². The first-order valence-electron chi connectivity index (χ1n) is 5.88. The maximum Gasteiger partial charge on any atom is 0.217 e. The van der Waals surface area contributed by atoms with Crippen LogP contribution in [0.2, 0.25) is 0 Å². The van der Waals surface area contributed by atoms with Crippen molar-refractivity contribution in [3.05, 3.63) is 36.7 Å². The number of anilines is 1. The number of hydrogen-bond acceptors (Lipinski definition) is 5. The Kier molecular flexibility index (Phi) is 3.50. The molecule has 0 unspecified atom stereocenters. The van der Waals surface area contributed by atoms with Crippen LogP contribution < -0.4 is 4.90 Å². The summed E-state index contributed by atoms with van der Waals surface area (Å²) in [4.78, 5) is 6.08. The maximum absolute atomic E-state index is 4.33. The third-order valence-corrected chi connectivity index (χ3v) is 2.91. The van der Waals surface area contributed by atoms with Crippen molar-refractivity contribution < 1.29 is 0 Å². The molecule has 0 saturated carbocycles. The van der Waals surface area contributed by atoms with Gasteiger partial charge in [-0.25, -0.2) is 0 Å². The zero-order valence-corrected chi connectivity index (χ0v) is 11.3. The third kappa shape index (κ3) is 2.61. The van der Waals surface area contributed by atoms with E-state index >= 15 is 0 Å². The van der Waals surface area contributed by atoms with Crippen LogP contribution in [0.4, 0.5) is 11.4 Å².